The topological polar surface area (TPSA) is 132 Å². The number of benzene rings is 1. The molecule has 0 heterocycles. The van der Waals surface area contributed by atoms with Gasteiger partial charge in [-0.3, -0.25) is 4.79 Å². The third-order valence-electron chi connectivity index (χ3n) is 5.73. The molecule has 1 atom stereocenters. The van der Waals surface area contributed by atoms with Gasteiger partial charge in [-0.1, -0.05) is 25.1 Å². The van der Waals surface area contributed by atoms with Gasteiger partial charge in [0.2, 0.25) is 0 Å². The largest absolute Gasteiger partial charge is 0.481 e. The molecular formula is C24H22N4O2. The highest BCUT2D eigenvalue weighted by Gasteiger charge is 2.37. The van der Waals surface area contributed by atoms with Crippen molar-refractivity contribution < 1.29 is 9.90 Å². The first-order valence-corrected chi connectivity index (χ1v) is 9.64. The smallest absolute Gasteiger partial charge is 0.303 e. The molecule has 30 heavy (non-hydrogen) atoms. The van der Waals surface area contributed by atoms with Crippen molar-refractivity contribution in [3.8, 4) is 24.3 Å². The zero-order valence-electron chi connectivity index (χ0n) is 17.1. The van der Waals surface area contributed by atoms with Gasteiger partial charge in [0.25, 0.3) is 0 Å². The van der Waals surface area contributed by atoms with Crippen LogP contribution in [0.5, 0.6) is 0 Å². The molecule has 1 aromatic carbocycles. The Balaban J connectivity index is 2.51. The Morgan fingerprint density at radius 2 is 1.70 bits per heavy atom. The van der Waals surface area contributed by atoms with Crippen molar-refractivity contribution in [3.63, 3.8) is 0 Å². The molecule has 0 radical (unpaired) electrons. The quantitative estimate of drug-likeness (QED) is 0.729. The monoisotopic (exact) mass is 398 g/mol. The number of allylic oxidation sites excluding steroid dienone is 4. The highest BCUT2D eigenvalue weighted by molar-refractivity contribution is 5.67. The van der Waals surface area contributed by atoms with E-state index in [9.17, 15) is 25.8 Å². The van der Waals surface area contributed by atoms with Crippen molar-refractivity contribution in [1.29, 1.82) is 21.0 Å². The molecule has 0 amide bonds. The van der Waals surface area contributed by atoms with Crippen LogP contribution in [0.15, 0.2) is 40.5 Å². The molecule has 0 bridgehead atoms. The van der Waals surface area contributed by atoms with Gasteiger partial charge in [-0.05, 0) is 72.3 Å². The second-order valence-electron chi connectivity index (χ2n) is 7.85. The number of carboxylic acid groups (broad SMARTS) is 1. The van der Waals surface area contributed by atoms with Crippen molar-refractivity contribution >= 4 is 5.97 Å². The van der Waals surface area contributed by atoms with Crippen LogP contribution >= 0.6 is 0 Å². The third-order valence-corrected chi connectivity index (χ3v) is 5.73. The van der Waals surface area contributed by atoms with E-state index >= 15 is 0 Å². The molecule has 1 fully saturated rings. The fraction of sp³-hybridized carbons (Fsp3) is 0.375. The van der Waals surface area contributed by atoms with E-state index < -0.39 is 11.4 Å². The molecule has 0 spiro atoms. The number of carbonyl (C=O) groups is 1. The minimum absolute atomic E-state index is 0.0420. The Kier molecular flexibility index (Phi) is 7.14. The van der Waals surface area contributed by atoms with Gasteiger partial charge in [-0.25, -0.2) is 0 Å². The number of rotatable bonds is 5. The first-order chi connectivity index (χ1) is 14.3. The summed E-state index contributed by atoms with van der Waals surface area (Å²) in [6.45, 7) is 3.89. The van der Waals surface area contributed by atoms with E-state index in [0.717, 1.165) is 27.8 Å². The van der Waals surface area contributed by atoms with Crippen molar-refractivity contribution in [2.75, 3.05) is 0 Å². The number of hydrogen-bond donors (Lipinski definition) is 1. The molecule has 1 aliphatic rings. The first kappa shape index (κ1) is 22.4. The van der Waals surface area contributed by atoms with E-state index in [-0.39, 0.29) is 17.6 Å². The van der Waals surface area contributed by atoms with E-state index in [1.165, 1.54) is 0 Å². The van der Waals surface area contributed by atoms with Crippen LogP contribution in [0.25, 0.3) is 0 Å². The molecule has 1 aromatic rings. The van der Waals surface area contributed by atoms with Gasteiger partial charge in [-0.15, -0.1) is 0 Å². The number of carboxylic acids is 1. The van der Waals surface area contributed by atoms with Crippen LogP contribution < -0.4 is 0 Å². The Hall–Kier alpha value is -3.87. The van der Waals surface area contributed by atoms with Crippen LogP contribution in [0.1, 0.15) is 49.3 Å². The maximum absolute atomic E-state index is 11.0. The number of aliphatic carboxylic acids is 1. The van der Waals surface area contributed by atoms with Gasteiger partial charge in [0.15, 0.2) is 0 Å². The Morgan fingerprint density at radius 3 is 2.27 bits per heavy atom. The lowest BCUT2D eigenvalue weighted by Gasteiger charge is -2.38. The van der Waals surface area contributed by atoms with E-state index in [4.69, 9.17) is 5.11 Å². The van der Waals surface area contributed by atoms with Crippen LogP contribution in [0.4, 0.5) is 0 Å². The highest BCUT2D eigenvalue weighted by Crippen LogP contribution is 2.47. The molecule has 6 nitrogen and oxygen atoms in total. The fourth-order valence-electron chi connectivity index (χ4n) is 4.19. The van der Waals surface area contributed by atoms with E-state index in [2.05, 4.69) is 0 Å². The van der Waals surface area contributed by atoms with Gasteiger partial charge in [0, 0.05) is 6.42 Å². The summed E-state index contributed by atoms with van der Waals surface area (Å²) in [6.07, 6.45) is 2.33. The van der Waals surface area contributed by atoms with E-state index in [1.807, 2.05) is 56.3 Å². The Labute approximate surface area is 176 Å². The second-order valence-corrected chi connectivity index (χ2v) is 7.85. The molecule has 1 saturated carbocycles. The molecule has 1 unspecified atom stereocenters. The summed E-state index contributed by atoms with van der Waals surface area (Å²) in [6, 6.07) is 13.8. The van der Waals surface area contributed by atoms with Crippen LogP contribution in [0.2, 0.25) is 0 Å². The van der Waals surface area contributed by atoms with Crippen LogP contribution in [-0.2, 0) is 17.6 Å². The molecular weight excluding hydrogens is 376 g/mol. The average Bonchev–Trinajstić information content (AvgIpc) is 2.71. The summed E-state index contributed by atoms with van der Waals surface area (Å²) in [5.74, 6) is -0.854. The molecule has 0 aromatic heterocycles. The number of nitrogens with zero attached hydrogens (tertiary/aromatic N) is 4. The molecule has 6 heteroatoms. The molecule has 0 saturated heterocycles. The lowest BCUT2D eigenvalue weighted by atomic mass is 9.64. The molecule has 1 N–H and O–H groups in total. The predicted octanol–water partition coefficient (Wildman–Crippen LogP) is 4.43. The van der Waals surface area contributed by atoms with Crippen LogP contribution in [0.3, 0.4) is 0 Å². The number of nitriles is 4. The maximum atomic E-state index is 11.0. The first-order valence-electron chi connectivity index (χ1n) is 9.64. The molecule has 2 rings (SSSR count). The SMILES string of the molecule is Cc1ccc(CC2(C)CC(=C(C#N)C#N)CCC2=C(C#N)C#N)cc1CCC(=O)O. The molecule has 1 aliphatic carbocycles. The Morgan fingerprint density at radius 1 is 1.07 bits per heavy atom. The van der Waals surface area contributed by atoms with Crippen molar-refractivity contribution in [2.45, 2.75) is 52.4 Å². The summed E-state index contributed by atoms with van der Waals surface area (Å²) in [5.41, 5.74) is 4.02. The lowest BCUT2D eigenvalue weighted by molar-refractivity contribution is -0.136. The summed E-state index contributed by atoms with van der Waals surface area (Å²) in [7, 11) is 0. The summed E-state index contributed by atoms with van der Waals surface area (Å²) in [4.78, 5) is 11.0. The lowest BCUT2D eigenvalue weighted by Crippen LogP contribution is -2.29. The zero-order chi connectivity index (χ0) is 22.3. The number of hydrogen-bond acceptors (Lipinski definition) is 5. The minimum atomic E-state index is -0.854. The predicted molar refractivity (Wildman–Crippen MR) is 109 cm³/mol. The van der Waals surface area contributed by atoms with Crippen LogP contribution in [-0.4, -0.2) is 11.1 Å². The maximum Gasteiger partial charge on any atom is 0.303 e. The molecule has 0 aliphatic heterocycles. The van der Waals surface area contributed by atoms with Crippen molar-refractivity contribution in [2.24, 2.45) is 5.41 Å². The van der Waals surface area contributed by atoms with Crippen LogP contribution in [0, 0.1) is 57.7 Å². The minimum Gasteiger partial charge on any atom is -0.481 e. The van der Waals surface area contributed by atoms with E-state index in [1.54, 1.807) is 0 Å². The zero-order valence-corrected chi connectivity index (χ0v) is 17.1. The fourth-order valence-corrected chi connectivity index (χ4v) is 4.19. The van der Waals surface area contributed by atoms with Crippen molar-refractivity contribution in [3.05, 3.63) is 57.2 Å². The van der Waals surface area contributed by atoms with E-state index in [0.29, 0.717) is 32.1 Å². The number of aryl methyl sites for hydroxylation is 2. The summed E-state index contributed by atoms with van der Waals surface area (Å²) >= 11 is 0. The average molecular weight is 398 g/mol. The summed E-state index contributed by atoms with van der Waals surface area (Å²) < 4.78 is 0. The van der Waals surface area contributed by atoms with Crippen molar-refractivity contribution in [1.82, 2.24) is 0 Å². The van der Waals surface area contributed by atoms with Gasteiger partial charge < -0.3 is 5.11 Å². The summed E-state index contributed by atoms with van der Waals surface area (Å²) in [5, 5.41) is 46.4. The highest BCUT2D eigenvalue weighted by atomic mass is 16.4. The third kappa shape index (κ3) is 4.94. The second kappa shape index (κ2) is 9.56. The van der Waals surface area contributed by atoms with Gasteiger partial charge in [-0.2, -0.15) is 21.0 Å². The van der Waals surface area contributed by atoms with Gasteiger partial charge >= 0.3 is 5.97 Å². The molecule has 150 valence electrons. The Bertz CT molecular complexity index is 1070. The van der Waals surface area contributed by atoms with Gasteiger partial charge in [0.05, 0.1) is 0 Å². The standard InChI is InChI=1S/C24H22N4O2/c1-16-3-4-17(9-18(16)6-8-23(29)30)10-24(2)11-19(20(12-25)13-26)5-7-22(24)21(14-27)15-28/h3-4,9H,5-8,10-11H2,1-2H3,(H,29,30). The normalized spacial score (nSPS) is 17.8. The van der Waals surface area contributed by atoms with Gasteiger partial charge in [0.1, 0.15) is 35.4 Å².